The Kier molecular flexibility index (Phi) is 9.50. The van der Waals surface area contributed by atoms with Gasteiger partial charge in [0, 0.05) is 31.1 Å². The van der Waals surface area contributed by atoms with Crippen molar-refractivity contribution >= 4 is 11.9 Å². The number of nitrogens with zero attached hydrogens (tertiary/aromatic N) is 3. The molecule has 7 nitrogen and oxygen atoms in total. The standard InChI is InChI=1S/C27H38FN3O4/c1-3-7-23-21(8-6-14-30(23)2)26(34)31-15-12-27(19-29,13-16-31)22-18-20(28)10-11-24(22)35-17-5-4-9-25(32)33/h10-11,18,21,23H,3-9,12-17H2,1-2H3,(H,32,33). The molecular weight excluding hydrogens is 449 g/mol. The molecule has 1 amide bonds. The molecule has 1 N–H and O–H groups in total. The molecule has 2 aliphatic rings. The van der Waals surface area contributed by atoms with E-state index in [1.165, 1.54) is 12.1 Å². The second kappa shape index (κ2) is 12.3. The van der Waals surface area contributed by atoms with Crippen LogP contribution >= 0.6 is 0 Å². The van der Waals surface area contributed by atoms with E-state index in [9.17, 15) is 19.2 Å². The van der Waals surface area contributed by atoms with Crippen LogP contribution in [0.4, 0.5) is 4.39 Å². The fraction of sp³-hybridized carbons (Fsp3) is 0.667. The number of halogens is 1. The number of likely N-dealkylation sites (tertiary alicyclic amines) is 2. The van der Waals surface area contributed by atoms with Gasteiger partial charge < -0.3 is 19.6 Å². The van der Waals surface area contributed by atoms with E-state index in [1.807, 2.05) is 4.90 Å². The van der Waals surface area contributed by atoms with Crippen LogP contribution in [-0.2, 0) is 15.0 Å². The van der Waals surface area contributed by atoms with Crippen LogP contribution in [0.5, 0.6) is 5.75 Å². The maximum absolute atomic E-state index is 14.2. The number of hydrogen-bond acceptors (Lipinski definition) is 5. The van der Waals surface area contributed by atoms with Gasteiger partial charge >= 0.3 is 5.97 Å². The monoisotopic (exact) mass is 487 g/mol. The largest absolute Gasteiger partial charge is 0.493 e. The number of hydrogen-bond donors (Lipinski definition) is 1. The van der Waals surface area contributed by atoms with E-state index >= 15 is 0 Å². The van der Waals surface area contributed by atoms with Crippen LogP contribution in [0.2, 0.25) is 0 Å². The van der Waals surface area contributed by atoms with Crippen LogP contribution in [0, 0.1) is 23.1 Å². The number of rotatable bonds is 10. The topological polar surface area (TPSA) is 93.9 Å². The number of amides is 1. The molecule has 2 aliphatic heterocycles. The number of aliphatic carboxylic acids is 1. The highest BCUT2D eigenvalue weighted by Crippen LogP contribution is 2.41. The van der Waals surface area contributed by atoms with Gasteiger partial charge in [-0.15, -0.1) is 0 Å². The first-order valence-electron chi connectivity index (χ1n) is 12.9. The van der Waals surface area contributed by atoms with Crippen molar-refractivity contribution in [2.75, 3.05) is 33.3 Å². The van der Waals surface area contributed by atoms with Gasteiger partial charge in [0.1, 0.15) is 11.6 Å². The summed E-state index contributed by atoms with van der Waals surface area (Å²) in [6.07, 6.45) is 5.92. The van der Waals surface area contributed by atoms with E-state index in [0.717, 1.165) is 32.2 Å². The van der Waals surface area contributed by atoms with Gasteiger partial charge in [0.2, 0.25) is 5.91 Å². The molecule has 35 heavy (non-hydrogen) atoms. The van der Waals surface area contributed by atoms with E-state index in [0.29, 0.717) is 56.7 Å². The summed E-state index contributed by atoms with van der Waals surface area (Å²) in [6.45, 7) is 4.38. The summed E-state index contributed by atoms with van der Waals surface area (Å²) in [5, 5.41) is 19.0. The molecule has 0 radical (unpaired) electrons. The van der Waals surface area contributed by atoms with Crippen molar-refractivity contribution in [3.05, 3.63) is 29.6 Å². The van der Waals surface area contributed by atoms with Gasteiger partial charge in [-0.3, -0.25) is 9.59 Å². The minimum Gasteiger partial charge on any atom is -0.493 e. The van der Waals surface area contributed by atoms with Crippen molar-refractivity contribution in [2.45, 2.75) is 76.2 Å². The number of benzene rings is 1. The van der Waals surface area contributed by atoms with Crippen LogP contribution in [0.25, 0.3) is 0 Å². The molecule has 0 aliphatic carbocycles. The van der Waals surface area contributed by atoms with Gasteiger partial charge in [0.25, 0.3) is 0 Å². The lowest BCUT2D eigenvalue weighted by molar-refractivity contribution is -0.141. The zero-order valence-corrected chi connectivity index (χ0v) is 21.0. The molecule has 0 saturated carbocycles. The molecule has 2 saturated heterocycles. The van der Waals surface area contributed by atoms with Crippen molar-refractivity contribution in [1.29, 1.82) is 5.26 Å². The minimum atomic E-state index is -0.929. The summed E-state index contributed by atoms with van der Waals surface area (Å²) in [6, 6.07) is 6.92. The molecule has 1 aromatic rings. The Labute approximate surface area is 207 Å². The molecule has 0 aromatic heterocycles. The average Bonchev–Trinajstić information content (AvgIpc) is 2.85. The van der Waals surface area contributed by atoms with Crippen LogP contribution < -0.4 is 4.74 Å². The fourth-order valence-corrected chi connectivity index (χ4v) is 5.58. The summed E-state index contributed by atoms with van der Waals surface area (Å²) < 4.78 is 20.1. The Bertz CT molecular complexity index is 923. The van der Waals surface area contributed by atoms with Crippen LogP contribution in [0.3, 0.4) is 0 Å². The fourth-order valence-electron chi connectivity index (χ4n) is 5.58. The molecule has 2 fully saturated rings. The molecule has 3 rings (SSSR count). The predicted molar refractivity (Wildman–Crippen MR) is 131 cm³/mol. The normalized spacial score (nSPS) is 22.4. The Morgan fingerprint density at radius 1 is 1.26 bits per heavy atom. The highest BCUT2D eigenvalue weighted by atomic mass is 19.1. The molecule has 2 heterocycles. The predicted octanol–water partition coefficient (Wildman–Crippen LogP) is 4.35. The number of carboxylic acids is 1. The Balaban J connectivity index is 1.70. The summed E-state index contributed by atoms with van der Waals surface area (Å²) >= 11 is 0. The van der Waals surface area contributed by atoms with E-state index in [2.05, 4.69) is 24.9 Å². The van der Waals surface area contributed by atoms with Crippen molar-refractivity contribution in [3.8, 4) is 11.8 Å². The van der Waals surface area contributed by atoms with Gasteiger partial charge in [-0.2, -0.15) is 5.26 Å². The Hall–Kier alpha value is -2.66. The van der Waals surface area contributed by atoms with Gasteiger partial charge in [0.15, 0.2) is 0 Å². The Morgan fingerprint density at radius 3 is 2.66 bits per heavy atom. The molecular formula is C27H38FN3O4. The van der Waals surface area contributed by atoms with Gasteiger partial charge in [-0.25, -0.2) is 4.39 Å². The first-order valence-corrected chi connectivity index (χ1v) is 12.9. The summed E-state index contributed by atoms with van der Waals surface area (Å²) in [4.78, 5) is 28.4. The third kappa shape index (κ3) is 6.52. The maximum Gasteiger partial charge on any atom is 0.303 e. The lowest BCUT2D eigenvalue weighted by Crippen LogP contribution is -2.53. The Morgan fingerprint density at radius 2 is 2.00 bits per heavy atom. The first-order chi connectivity index (χ1) is 16.8. The molecule has 1 aromatic carbocycles. The first kappa shape index (κ1) is 26.9. The van der Waals surface area contributed by atoms with Crippen molar-refractivity contribution in [3.63, 3.8) is 0 Å². The van der Waals surface area contributed by atoms with E-state index < -0.39 is 17.2 Å². The SMILES string of the molecule is CCCC1C(C(=O)N2CCC(C#N)(c3cc(F)ccc3OCCCCC(=O)O)CC2)CCCN1C. The number of carboxylic acid groups (broad SMARTS) is 1. The zero-order chi connectivity index (χ0) is 25.4. The van der Waals surface area contributed by atoms with Gasteiger partial charge in [0.05, 0.1) is 24.0 Å². The quantitative estimate of drug-likeness (QED) is 0.493. The number of unbranched alkanes of at least 4 members (excludes halogenated alkanes) is 1. The summed E-state index contributed by atoms with van der Waals surface area (Å²) in [5.74, 6) is -0.657. The number of piperidine rings is 2. The molecule has 2 atom stereocenters. The lowest BCUT2D eigenvalue weighted by Gasteiger charge is -2.43. The molecule has 192 valence electrons. The second-order valence-corrected chi connectivity index (χ2v) is 9.94. The summed E-state index contributed by atoms with van der Waals surface area (Å²) in [5.41, 5.74) is -0.409. The van der Waals surface area contributed by atoms with Gasteiger partial charge in [-0.1, -0.05) is 13.3 Å². The maximum atomic E-state index is 14.2. The number of ether oxygens (including phenoxy) is 1. The molecule has 2 unspecified atom stereocenters. The van der Waals surface area contributed by atoms with Gasteiger partial charge in [-0.05, 0) is 76.7 Å². The van der Waals surface area contributed by atoms with Crippen molar-refractivity contribution in [2.24, 2.45) is 5.92 Å². The highest BCUT2D eigenvalue weighted by Gasteiger charge is 2.43. The van der Waals surface area contributed by atoms with Crippen molar-refractivity contribution in [1.82, 2.24) is 9.80 Å². The van der Waals surface area contributed by atoms with E-state index in [-0.39, 0.29) is 24.3 Å². The summed E-state index contributed by atoms with van der Waals surface area (Å²) in [7, 11) is 2.10. The number of nitriles is 1. The second-order valence-electron chi connectivity index (χ2n) is 9.94. The third-order valence-electron chi connectivity index (χ3n) is 7.60. The molecule has 0 bridgehead atoms. The molecule has 0 spiro atoms. The highest BCUT2D eigenvalue weighted by molar-refractivity contribution is 5.80. The third-order valence-corrected chi connectivity index (χ3v) is 7.60. The van der Waals surface area contributed by atoms with Crippen LogP contribution in [-0.4, -0.2) is 66.1 Å². The van der Waals surface area contributed by atoms with Crippen LogP contribution in [0.15, 0.2) is 18.2 Å². The average molecular weight is 488 g/mol. The minimum absolute atomic E-state index is 0.0119. The lowest BCUT2D eigenvalue weighted by atomic mass is 9.73. The van der Waals surface area contributed by atoms with E-state index in [4.69, 9.17) is 9.84 Å². The molecule has 8 heteroatoms. The zero-order valence-electron chi connectivity index (χ0n) is 21.0. The van der Waals surface area contributed by atoms with Crippen LogP contribution in [0.1, 0.15) is 70.3 Å². The smallest absolute Gasteiger partial charge is 0.303 e. The number of carbonyl (C=O) groups excluding carboxylic acids is 1. The van der Waals surface area contributed by atoms with Crippen molar-refractivity contribution < 1.29 is 23.8 Å². The van der Waals surface area contributed by atoms with E-state index in [1.54, 1.807) is 6.07 Å². The number of carbonyl (C=O) groups is 2.